The Morgan fingerprint density at radius 3 is 2.44 bits per heavy atom. The van der Waals surface area contributed by atoms with Crippen LogP contribution in [0.2, 0.25) is 0 Å². The third-order valence-corrected chi connectivity index (χ3v) is 9.10. The number of halogens is 2. The number of fused-ring (bicyclic) bond motifs is 2. The van der Waals surface area contributed by atoms with E-state index in [-0.39, 0.29) is 59.4 Å². The van der Waals surface area contributed by atoms with E-state index in [0.717, 1.165) is 51.4 Å². The van der Waals surface area contributed by atoms with E-state index < -0.39 is 17.4 Å². The zero-order valence-electron chi connectivity index (χ0n) is 21.3. The number of ether oxygens (including phenoxy) is 2. The maximum Gasteiger partial charge on any atom is 0.255 e. The van der Waals surface area contributed by atoms with Crippen molar-refractivity contribution in [1.29, 1.82) is 0 Å². The van der Waals surface area contributed by atoms with Crippen molar-refractivity contribution in [3.63, 3.8) is 0 Å². The topological polar surface area (TPSA) is 76.7 Å². The van der Waals surface area contributed by atoms with Crippen molar-refractivity contribution in [3.05, 3.63) is 23.5 Å². The standard InChI is InChI=1S/C28H38F2N2O4/c1-16-4-8-19(9-5-16)36-23-13-20(22(35-2)14-21(23)29)26(33)32-25-18-7-6-17(12-18)24(25)27(34)31-15-28(30)10-3-11-28/h13-14,16-19,24-25H,3-12,15H2,1-2H3,(H,31,34)(H,32,33)/t16?,17-,18+,19?,24+,25-/m1/s1. The first-order valence-electron chi connectivity index (χ1n) is 13.6. The van der Waals surface area contributed by atoms with E-state index in [1.807, 2.05) is 0 Å². The first-order chi connectivity index (χ1) is 17.3. The number of hydrogen-bond donors (Lipinski definition) is 2. The molecule has 2 amide bonds. The molecule has 1 aromatic rings. The highest BCUT2D eigenvalue weighted by Crippen LogP contribution is 2.49. The second-order valence-corrected chi connectivity index (χ2v) is 11.6. The predicted octanol–water partition coefficient (Wildman–Crippen LogP) is 4.94. The van der Waals surface area contributed by atoms with E-state index in [1.54, 1.807) is 0 Å². The molecule has 4 atom stereocenters. The molecule has 2 N–H and O–H groups in total. The van der Waals surface area contributed by atoms with Crippen molar-refractivity contribution < 1.29 is 27.8 Å². The molecule has 36 heavy (non-hydrogen) atoms. The molecule has 8 heteroatoms. The fourth-order valence-electron chi connectivity index (χ4n) is 6.70. The molecule has 1 aromatic carbocycles. The largest absolute Gasteiger partial charge is 0.496 e. The molecule has 0 unspecified atom stereocenters. The van der Waals surface area contributed by atoms with Crippen LogP contribution < -0.4 is 20.1 Å². The summed E-state index contributed by atoms with van der Waals surface area (Å²) in [6, 6.07) is 2.28. The Bertz CT molecular complexity index is 990. The molecule has 4 aliphatic rings. The van der Waals surface area contributed by atoms with Crippen molar-refractivity contribution in [2.24, 2.45) is 23.7 Å². The van der Waals surface area contributed by atoms with Gasteiger partial charge < -0.3 is 20.1 Å². The summed E-state index contributed by atoms with van der Waals surface area (Å²) >= 11 is 0. The van der Waals surface area contributed by atoms with Gasteiger partial charge in [-0.15, -0.1) is 0 Å². The molecule has 198 valence electrons. The second-order valence-electron chi connectivity index (χ2n) is 11.6. The van der Waals surface area contributed by atoms with Gasteiger partial charge in [0, 0.05) is 12.1 Å². The Hall–Kier alpha value is -2.38. The summed E-state index contributed by atoms with van der Waals surface area (Å²) in [6.07, 6.45) is 8.29. The number of carbonyl (C=O) groups excluding carboxylic acids is 2. The smallest absolute Gasteiger partial charge is 0.255 e. The van der Waals surface area contributed by atoms with Crippen molar-refractivity contribution >= 4 is 11.8 Å². The number of benzene rings is 1. The van der Waals surface area contributed by atoms with Gasteiger partial charge in [-0.2, -0.15) is 0 Å². The van der Waals surface area contributed by atoms with Crippen molar-refractivity contribution in [2.75, 3.05) is 13.7 Å². The van der Waals surface area contributed by atoms with Crippen LogP contribution in [0.15, 0.2) is 12.1 Å². The van der Waals surface area contributed by atoms with Crippen LogP contribution in [-0.2, 0) is 4.79 Å². The fraction of sp³-hybridized carbons (Fsp3) is 0.714. The van der Waals surface area contributed by atoms with Gasteiger partial charge in [0.1, 0.15) is 11.4 Å². The van der Waals surface area contributed by atoms with Gasteiger partial charge in [0.05, 0.1) is 31.2 Å². The minimum absolute atomic E-state index is 0.0345. The minimum Gasteiger partial charge on any atom is -0.496 e. The average Bonchev–Trinajstić information content (AvgIpc) is 3.45. The second kappa shape index (κ2) is 10.2. The van der Waals surface area contributed by atoms with Gasteiger partial charge in [-0.05, 0) is 88.0 Å². The Kier molecular flexibility index (Phi) is 7.14. The monoisotopic (exact) mass is 504 g/mol. The maximum absolute atomic E-state index is 14.8. The molecule has 5 rings (SSSR count). The number of nitrogens with one attached hydrogen (secondary N) is 2. The highest BCUT2D eigenvalue weighted by atomic mass is 19.1. The molecule has 0 radical (unpaired) electrons. The van der Waals surface area contributed by atoms with Gasteiger partial charge >= 0.3 is 0 Å². The molecule has 6 nitrogen and oxygen atoms in total. The summed E-state index contributed by atoms with van der Waals surface area (Å²) in [6.45, 7) is 2.24. The van der Waals surface area contributed by atoms with Crippen LogP contribution in [0, 0.1) is 29.5 Å². The molecular weight excluding hydrogens is 466 g/mol. The van der Waals surface area contributed by atoms with Crippen LogP contribution in [0.3, 0.4) is 0 Å². The van der Waals surface area contributed by atoms with E-state index in [1.165, 1.54) is 19.2 Å². The molecular formula is C28H38F2N2O4. The molecule has 0 aromatic heterocycles. The highest BCUT2D eigenvalue weighted by molar-refractivity contribution is 5.98. The van der Waals surface area contributed by atoms with Gasteiger partial charge in [-0.1, -0.05) is 6.92 Å². The summed E-state index contributed by atoms with van der Waals surface area (Å²) in [4.78, 5) is 26.5. The third-order valence-electron chi connectivity index (χ3n) is 9.10. The number of carbonyl (C=O) groups is 2. The molecule has 0 heterocycles. The molecule has 0 aliphatic heterocycles. The summed E-state index contributed by atoms with van der Waals surface area (Å²) in [7, 11) is 1.40. The average molecular weight is 505 g/mol. The predicted molar refractivity (Wildman–Crippen MR) is 131 cm³/mol. The Balaban J connectivity index is 1.30. The lowest BCUT2D eigenvalue weighted by Gasteiger charge is -2.36. The van der Waals surface area contributed by atoms with Crippen LogP contribution in [0.5, 0.6) is 11.5 Å². The number of hydrogen-bond acceptors (Lipinski definition) is 4. The van der Waals surface area contributed by atoms with Gasteiger partial charge in [0.25, 0.3) is 5.91 Å². The van der Waals surface area contributed by atoms with Gasteiger partial charge in [0.15, 0.2) is 11.6 Å². The lowest BCUT2D eigenvalue weighted by Crippen LogP contribution is -2.52. The van der Waals surface area contributed by atoms with Crippen LogP contribution in [-0.4, -0.2) is 43.3 Å². The van der Waals surface area contributed by atoms with Crippen molar-refractivity contribution in [2.45, 2.75) is 88.9 Å². The molecule has 0 saturated heterocycles. The molecule has 4 fully saturated rings. The summed E-state index contributed by atoms with van der Waals surface area (Å²) in [5, 5.41) is 5.89. The Morgan fingerprint density at radius 2 is 1.78 bits per heavy atom. The van der Waals surface area contributed by atoms with E-state index in [9.17, 15) is 18.4 Å². The molecule has 4 saturated carbocycles. The Labute approximate surface area is 211 Å². The SMILES string of the molecule is COc1cc(F)c(OC2CCC(C)CC2)cc1C(=O)N[C@@H]1[C@H]2CC[C@H](C2)[C@@H]1C(=O)NCC1(F)CCC1. The van der Waals surface area contributed by atoms with Crippen molar-refractivity contribution in [3.8, 4) is 11.5 Å². The van der Waals surface area contributed by atoms with E-state index in [0.29, 0.717) is 18.8 Å². The van der Waals surface area contributed by atoms with Crippen LogP contribution in [0.4, 0.5) is 8.78 Å². The van der Waals surface area contributed by atoms with Crippen LogP contribution in [0.25, 0.3) is 0 Å². The number of methoxy groups -OCH3 is 1. The van der Waals surface area contributed by atoms with Gasteiger partial charge in [-0.25, -0.2) is 8.78 Å². The molecule has 2 bridgehead atoms. The van der Waals surface area contributed by atoms with E-state index in [4.69, 9.17) is 9.47 Å². The fourth-order valence-corrected chi connectivity index (χ4v) is 6.70. The summed E-state index contributed by atoms with van der Waals surface area (Å²) in [5.74, 6) is -0.340. The lowest BCUT2D eigenvalue weighted by molar-refractivity contribution is -0.128. The maximum atomic E-state index is 14.8. The van der Waals surface area contributed by atoms with Crippen LogP contribution in [0.1, 0.15) is 81.5 Å². The summed E-state index contributed by atoms with van der Waals surface area (Å²) < 4.78 is 40.6. The molecule has 4 aliphatic carbocycles. The Morgan fingerprint density at radius 1 is 1.06 bits per heavy atom. The van der Waals surface area contributed by atoms with Crippen LogP contribution >= 0.6 is 0 Å². The number of alkyl halides is 1. The third kappa shape index (κ3) is 5.05. The molecule has 0 spiro atoms. The minimum atomic E-state index is -1.29. The number of amides is 2. The quantitative estimate of drug-likeness (QED) is 0.526. The highest BCUT2D eigenvalue weighted by Gasteiger charge is 2.52. The normalized spacial score (nSPS) is 32.4. The van der Waals surface area contributed by atoms with E-state index in [2.05, 4.69) is 17.6 Å². The van der Waals surface area contributed by atoms with E-state index >= 15 is 0 Å². The lowest BCUT2D eigenvalue weighted by atomic mass is 9.81. The first kappa shape index (κ1) is 25.3. The summed E-state index contributed by atoms with van der Waals surface area (Å²) in [5.41, 5.74) is -1.10. The first-order valence-corrected chi connectivity index (χ1v) is 13.6. The zero-order valence-corrected chi connectivity index (χ0v) is 21.3. The van der Waals surface area contributed by atoms with Gasteiger partial charge in [0.2, 0.25) is 5.91 Å². The zero-order chi connectivity index (χ0) is 25.4. The number of rotatable bonds is 8. The van der Waals surface area contributed by atoms with Gasteiger partial charge in [-0.3, -0.25) is 9.59 Å². The van der Waals surface area contributed by atoms with Crippen molar-refractivity contribution in [1.82, 2.24) is 10.6 Å².